The van der Waals surface area contributed by atoms with Gasteiger partial charge in [0.05, 0.1) is 19.7 Å². The number of alkyl halides is 3. The molecular formula is C23H22F3N5O4. The van der Waals surface area contributed by atoms with Gasteiger partial charge in [0.15, 0.2) is 11.5 Å². The quantitative estimate of drug-likeness (QED) is 0.546. The van der Waals surface area contributed by atoms with Crippen molar-refractivity contribution in [3.8, 4) is 11.5 Å². The molecule has 2 amide bonds. The Labute approximate surface area is 198 Å². The molecule has 0 unspecified atom stereocenters. The number of rotatable bonds is 5. The number of halogens is 3. The van der Waals surface area contributed by atoms with Crippen molar-refractivity contribution in [2.45, 2.75) is 6.18 Å². The Hall–Kier alpha value is -4.09. The average molecular weight is 489 g/mol. The number of methoxy groups -OCH3 is 2. The summed E-state index contributed by atoms with van der Waals surface area (Å²) in [6, 6.07) is 7.80. The standard InChI is InChI=1S/C23H22F3N5O4/c1-34-18-11-16-17(12-19(18)35-2)27-13-28-21(16)30-7-9-31(10-8-30)22(33)29-15-5-3-14(4-6-15)20(32)23(24,25)26/h3-6,11-13H,7-10H2,1-2H3,(H,29,33). The van der Waals surface area contributed by atoms with Crippen LogP contribution >= 0.6 is 0 Å². The number of nitrogens with one attached hydrogen (secondary N) is 1. The topological polar surface area (TPSA) is 96.9 Å². The molecule has 9 nitrogen and oxygen atoms in total. The van der Waals surface area contributed by atoms with Crippen LogP contribution in [0.5, 0.6) is 11.5 Å². The average Bonchev–Trinajstić information content (AvgIpc) is 2.87. The minimum Gasteiger partial charge on any atom is -0.493 e. The lowest BCUT2D eigenvalue weighted by Crippen LogP contribution is -2.50. The van der Waals surface area contributed by atoms with Crippen LogP contribution in [0.15, 0.2) is 42.7 Å². The molecule has 2 heterocycles. The molecule has 0 bridgehead atoms. The Kier molecular flexibility index (Phi) is 6.63. The maximum atomic E-state index is 12.6. The number of fused-ring (bicyclic) bond motifs is 1. The third kappa shape index (κ3) is 5.05. The van der Waals surface area contributed by atoms with E-state index in [1.54, 1.807) is 25.2 Å². The number of amides is 2. The third-order valence-electron chi connectivity index (χ3n) is 5.64. The van der Waals surface area contributed by atoms with Crippen LogP contribution in [0.1, 0.15) is 10.4 Å². The number of anilines is 2. The highest BCUT2D eigenvalue weighted by atomic mass is 19.4. The second-order valence-electron chi connectivity index (χ2n) is 7.73. The summed E-state index contributed by atoms with van der Waals surface area (Å²) in [5.41, 5.74) is 0.495. The number of carbonyl (C=O) groups excluding carboxylic acids is 2. The first-order chi connectivity index (χ1) is 16.7. The highest BCUT2D eigenvalue weighted by Crippen LogP contribution is 2.35. The van der Waals surface area contributed by atoms with Gasteiger partial charge in [0, 0.05) is 48.9 Å². The number of hydrogen-bond acceptors (Lipinski definition) is 7. The van der Waals surface area contributed by atoms with Crippen LogP contribution in [0.25, 0.3) is 10.9 Å². The smallest absolute Gasteiger partial charge is 0.454 e. The van der Waals surface area contributed by atoms with Crippen LogP contribution in [0.4, 0.5) is 29.5 Å². The van der Waals surface area contributed by atoms with Crippen LogP contribution in [0.3, 0.4) is 0 Å². The molecule has 12 heteroatoms. The van der Waals surface area contributed by atoms with Crippen molar-refractivity contribution in [2.24, 2.45) is 0 Å². The number of benzene rings is 2. The highest BCUT2D eigenvalue weighted by molar-refractivity contribution is 6.01. The number of Topliss-reactive ketones (excluding diaryl/α,β-unsaturated/α-hetero) is 1. The van der Waals surface area contributed by atoms with Crippen molar-refractivity contribution < 1.29 is 32.2 Å². The minimum atomic E-state index is -4.95. The van der Waals surface area contributed by atoms with Crippen molar-refractivity contribution in [2.75, 3.05) is 50.6 Å². The lowest BCUT2D eigenvalue weighted by Gasteiger charge is -2.35. The first kappa shape index (κ1) is 24.0. The van der Waals surface area contributed by atoms with E-state index in [1.807, 2.05) is 11.0 Å². The third-order valence-corrected chi connectivity index (χ3v) is 5.64. The van der Waals surface area contributed by atoms with Crippen molar-refractivity contribution >= 4 is 34.2 Å². The largest absolute Gasteiger partial charge is 0.493 e. The van der Waals surface area contributed by atoms with Crippen LogP contribution in [0, 0.1) is 0 Å². The van der Waals surface area contributed by atoms with Gasteiger partial charge in [-0.15, -0.1) is 0 Å². The number of urea groups is 1. The molecule has 0 saturated carbocycles. The molecule has 35 heavy (non-hydrogen) atoms. The van der Waals surface area contributed by atoms with E-state index < -0.39 is 23.6 Å². The van der Waals surface area contributed by atoms with E-state index >= 15 is 0 Å². The van der Waals surface area contributed by atoms with Gasteiger partial charge in [-0.25, -0.2) is 14.8 Å². The molecule has 1 aromatic heterocycles. The first-order valence-electron chi connectivity index (χ1n) is 10.6. The van der Waals surface area contributed by atoms with E-state index in [9.17, 15) is 22.8 Å². The van der Waals surface area contributed by atoms with Crippen molar-refractivity contribution in [1.82, 2.24) is 14.9 Å². The number of carbonyl (C=O) groups is 2. The fourth-order valence-electron chi connectivity index (χ4n) is 3.81. The number of hydrogen-bond donors (Lipinski definition) is 1. The van der Waals surface area contributed by atoms with Crippen LogP contribution < -0.4 is 19.7 Å². The molecule has 0 radical (unpaired) electrons. The lowest BCUT2D eigenvalue weighted by molar-refractivity contribution is -0.0885. The Bertz CT molecular complexity index is 1240. The molecule has 0 aliphatic carbocycles. The zero-order valence-corrected chi connectivity index (χ0v) is 18.9. The predicted molar refractivity (Wildman–Crippen MR) is 122 cm³/mol. The number of ether oxygens (including phenoxy) is 2. The Morgan fingerprint density at radius 1 is 0.943 bits per heavy atom. The number of piperazine rings is 1. The zero-order valence-electron chi connectivity index (χ0n) is 18.9. The van der Waals surface area contributed by atoms with Gasteiger partial charge in [-0.2, -0.15) is 13.2 Å². The summed E-state index contributed by atoms with van der Waals surface area (Å²) in [5.74, 6) is -0.111. The summed E-state index contributed by atoms with van der Waals surface area (Å²) >= 11 is 0. The SMILES string of the molecule is COc1cc2ncnc(N3CCN(C(=O)Nc4ccc(C(=O)C(F)(F)F)cc4)CC3)c2cc1OC. The summed E-state index contributed by atoms with van der Waals surface area (Å²) < 4.78 is 48.4. The summed E-state index contributed by atoms with van der Waals surface area (Å²) in [5, 5.41) is 3.44. The summed E-state index contributed by atoms with van der Waals surface area (Å²) in [6.45, 7) is 1.81. The summed E-state index contributed by atoms with van der Waals surface area (Å²) in [4.78, 5) is 36.3. The van der Waals surface area contributed by atoms with Crippen LogP contribution in [-0.2, 0) is 0 Å². The Morgan fingerprint density at radius 3 is 2.17 bits per heavy atom. The van der Waals surface area contributed by atoms with Gasteiger partial charge in [0.1, 0.15) is 12.1 Å². The summed E-state index contributed by atoms with van der Waals surface area (Å²) in [7, 11) is 3.10. The maximum absolute atomic E-state index is 12.6. The summed E-state index contributed by atoms with van der Waals surface area (Å²) in [6.07, 6.45) is -3.48. The first-order valence-corrected chi connectivity index (χ1v) is 10.6. The van der Waals surface area contributed by atoms with Gasteiger partial charge in [-0.3, -0.25) is 4.79 Å². The van der Waals surface area contributed by atoms with Crippen LogP contribution in [-0.4, -0.2) is 73.3 Å². The number of aromatic nitrogens is 2. The molecule has 1 fully saturated rings. The Morgan fingerprint density at radius 2 is 1.57 bits per heavy atom. The number of nitrogens with zero attached hydrogens (tertiary/aromatic N) is 4. The van der Waals surface area contributed by atoms with E-state index in [4.69, 9.17) is 9.47 Å². The molecule has 184 valence electrons. The molecule has 1 aliphatic heterocycles. The Balaban J connectivity index is 1.41. The minimum absolute atomic E-state index is 0.291. The van der Waals surface area contributed by atoms with Crippen LogP contribution in [0.2, 0.25) is 0 Å². The van der Waals surface area contributed by atoms with E-state index in [0.29, 0.717) is 54.7 Å². The number of ketones is 1. The fraction of sp³-hybridized carbons (Fsp3) is 0.304. The molecule has 0 atom stereocenters. The van der Waals surface area contributed by atoms with Gasteiger partial charge in [0.2, 0.25) is 0 Å². The van der Waals surface area contributed by atoms with E-state index in [-0.39, 0.29) is 0 Å². The van der Waals surface area contributed by atoms with Gasteiger partial charge in [-0.05, 0) is 30.3 Å². The highest BCUT2D eigenvalue weighted by Gasteiger charge is 2.39. The molecule has 0 spiro atoms. The molecular weight excluding hydrogens is 467 g/mol. The fourth-order valence-corrected chi connectivity index (χ4v) is 3.81. The van der Waals surface area contributed by atoms with E-state index in [1.165, 1.54) is 18.5 Å². The second-order valence-corrected chi connectivity index (χ2v) is 7.73. The predicted octanol–water partition coefficient (Wildman–Crippen LogP) is 3.75. The lowest BCUT2D eigenvalue weighted by atomic mass is 10.1. The molecule has 1 N–H and O–H groups in total. The molecule has 1 aliphatic rings. The molecule has 2 aromatic carbocycles. The van der Waals surface area contributed by atoms with Crippen molar-refractivity contribution in [3.63, 3.8) is 0 Å². The normalized spacial score (nSPS) is 14.1. The van der Waals surface area contributed by atoms with Crippen molar-refractivity contribution in [1.29, 1.82) is 0 Å². The van der Waals surface area contributed by atoms with Gasteiger partial charge < -0.3 is 24.6 Å². The van der Waals surface area contributed by atoms with E-state index in [0.717, 1.165) is 17.5 Å². The van der Waals surface area contributed by atoms with Gasteiger partial charge in [0.25, 0.3) is 5.78 Å². The van der Waals surface area contributed by atoms with Gasteiger partial charge in [-0.1, -0.05) is 0 Å². The molecule has 4 rings (SSSR count). The van der Waals surface area contributed by atoms with Gasteiger partial charge >= 0.3 is 12.2 Å². The van der Waals surface area contributed by atoms with Crippen molar-refractivity contribution in [3.05, 3.63) is 48.3 Å². The monoisotopic (exact) mass is 489 g/mol. The zero-order chi connectivity index (χ0) is 25.2. The second kappa shape index (κ2) is 9.65. The van der Waals surface area contributed by atoms with E-state index in [2.05, 4.69) is 15.3 Å². The molecule has 3 aromatic rings. The molecule has 1 saturated heterocycles. The maximum Gasteiger partial charge on any atom is 0.454 e.